The molecule has 0 amide bonds. The van der Waals surface area contributed by atoms with Gasteiger partial charge in [0.25, 0.3) is 10.0 Å². The minimum atomic E-state index is -3.70. The molecule has 0 radical (unpaired) electrons. The van der Waals surface area contributed by atoms with E-state index in [0.29, 0.717) is 31.2 Å². The molecule has 0 unspecified atom stereocenters. The predicted molar refractivity (Wildman–Crippen MR) is 125 cm³/mol. The predicted octanol–water partition coefficient (Wildman–Crippen LogP) is 5.48. The number of benzene rings is 2. The smallest absolute Gasteiger partial charge is 0.264 e. The number of aryl methyl sites for hydroxylation is 1. The third kappa shape index (κ3) is 5.31. The lowest BCUT2D eigenvalue weighted by atomic mass is 10.1. The summed E-state index contributed by atoms with van der Waals surface area (Å²) in [7, 11) is -3.70. The molecule has 3 rings (SSSR count). The van der Waals surface area contributed by atoms with Crippen molar-refractivity contribution in [2.75, 3.05) is 24.1 Å². The Morgan fingerprint density at radius 2 is 1.71 bits per heavy atom. The van der Waals surface area contributed by atoms with Gasteiger partial charge in [-0.3, -0.25) is 4.31 Å². The average Bonchev–Trinajstić information content (AvgIpc) is 2.72. The lowest BCUT2D eigenvalue weighted by molar-refractivity contribution is 0.231. The van der Waals surface area contributed by atoms with Crippen LogP contribution < -0.4 is 9.04 Å². The van der Waals surface area contributed by atoms with Gasteiger partial charge >= 0.3 is 0 Å². The van der Waals surface area contributed by atoms with Gasteiger partial charge in [-0.1, -0.05) is 32.0 Å². The maximum Gasteiger partial charge on any atom is 0.264 e. The van der Waals surface area contributed by atoms with Crippen LogP contribution in [0.4, 0.5) is 5.69 Å². The van der Waals surface area contributed by atoms with Crippen LogP contribution in [0.2, 0.25) is 0 Å². The van der Waals surface area contributed by atoms with Crippen molar-refractivity contribution in [3.05, 3.63) is 77.1 Å². The van der Waals surface area contributed by atoms with Crippen LogP contribution in [0, 0.1) is 12.8 Å². The van der Waals surface area contributed by atoms with Crippen LogP contribution in [0.5, 0.6) is 5.75 Å². The fraction of sp³-hybridized carbons (Fsp3) is 0.360. The van der Waals surface area contributed by atoms with E-state index in [0.717, 1.165) is 22.5 Å². The molecule has 1 aliphatic rings. The third-order valence-electron chi connectivity index (χ3n) is 5.30. The molecule has 0 aliphatic carbocycles. The third-order valence-corrected chi connectivity index (χ3v) is 7.09. The van der Waals surface area contributed by atoms with Gasteiger partial charge in [-0.2, -0.15) is 0 Å². The van der Waals surface area contributed by atoms with E-state index in [4.69, 9.17) is 9.47 Å². The lowest BCUT2D eigenvalue weighted by Crippen LogP contribution is -2.34. The van der Waals surface area contributed by atoms with E-state index in [1.165, 1.54) is 4.31 Å². The average molecular weight is 442 g/mol. The molecule has 0 spiro atoms. The van der Waals surface area contributed by atoms with Crippen molar-refractivity contribution in [3.8, 4) is 5.75 Å². The molecule has 0 aromatic heterocycles. The Bertz CT molecular complexity index is 1080. The Morgan fingerprint density at radius 3 is 2.32 bits per heavy atom. The van der Waals surface area contributed by atoms with E-state index >= 15 is 0 Å². The Hall–Kier alpha value is -2.73. The molecule has 0 N–H and O–H groups in total. The van der Waals surface area contributed by atoms with Crippen molar-refractivity contribution in [3.63, 3.8) is 0 Å². The molecule has 1 heterocycles. The summed E-state index contributed by atoms with van der Waals surface area (Å²) in [6.45, 7) is 11.3. The van der Waals surface area contributed by atoms with Crippen LogP contribution in [0.15, 0.2) is 76.4 Å². The number of allylic oxidation sites excluding steroid dienone is 1. The van der Waals surface area contributed by atoms with E-state index in [1.807, 2.05) is 65.0 Å². The van der Waals surface area contributed by atoms with E-state index < -0.39 is 10.0 Å². The van der Waals surface area contributed by atoms with E-state index in [9.17, 15) is 8.42 Å². The number of ether oxygens (including phenoxy) is 2. The molecule has 1 aliphatic heterocycles. The molecule has 2 aromatic rings. The Balaban J connectivity index is 1.82. The van der Waals surface area contributed by atoms with Crippen molar-refractivity contribution in [1.82, 2.24) is 0 Å². The molecule has 31 heavy (non-hydrogen) atoms. The maximum atomic E-state index is 13.5. The molecule has 0 fully saturated rings. The number of rotatable bonds is 8. The summed E-state index contributed by atoms with van der Waals surface area (Å²) in [5, 5.41) is 0. The van der Waals surface area contributed by atoms with Crippen LogP contribution in [-0.4, -0.2) is 28.2 Å². The highest BCUT2D eigenvalue weighted by molar-refractivity contribution is 7.92. The highest BCUT2D eigenvalue weighted by Crippen LogP contribution is 2.29. The number of hydrogen-bond acceptors (Lipinski definition) is 4. The van der Waals surface area contributed by atoms with Gasteiger partial charge in [0.2, 0.25) is 0 Å². The molecule has 0 saturated carbocycles. The second-order valence-corrected chi connectivity index (χ2v) is 10.1. The van der Waals surface area contributed by atoms with Crippen LogP contribution in [-0.2, 0) is 14.8 Å². The molecule has 0 bridgehead atoms. The minimum Gasteiger partial charge on any atom is -0.494 e. The van der Waals surface area contributed by atoms with Crippen molar-refractivity contribution >= 4 is 15.7 Å². The van der Waals surface area contributed by atoms with Gasteiger partial charge in [0.1, 0.15) is 24.7 Å². The summed E-state index contributed by atoms with van der Waals surface area (Å²) in [6.07, 6.45) is 2.02. The summed E-state index contributed by atoms with van der Waals surface area (Å²) in [5.41, 5.74) is 3.79. The normalized spacial score (nSPS) is 14.3. The van der Waals surface area contributed by atoms with Crippen molar-refractivity contribution in [2.45, 2.75) is 39.5 Å². The number of anilines is 1. The fourth-order valence-corrected chi connectivity index (χ4v) is 5.18. The number of hydrogen-bond donors (Lipinski definition) is 0. The van der Waals surface area contributed by atoms with Crippen LogP contribution >= 0.6 is 0 Å². The zero-order chi connectivity index (χ0) is 22.6. The zero-order valence-corrected chi connectivity index (χ0v) is 19.7. The second-order valence-electron chi connectivity index (χ2n) is 8.21. The summed E-state index contributed by atoms with van der Waals surface area (Å²) in [6, 6.07) is 14.2. The molecule has 0 saturated heterocycles. The lowest BCUT2D eigenvalue weighted by Gasteiger charge is -2.27. The van der Waals surface area contributed by atoms with E-state index in [-0.39, 0.29) is 10.8 Å². The summed E-state index contributed by atoms with van der Waals surface area (Å²) < 4.78 is 39.9. The number of para-hydroxylation sites is 1. The molecule has 6 heteroatoms. The first-order chi connectivity index (χ1) is 14.7. The van der Waals surface area contributed by atoms with Gasteiger partial charge < -0.3 is 9.47 Å². The maximum absolute atomic E-state index is 13.5. The Kier molecular flexibility index (Phi) is 7.11. The fourth-order valence-electron chi connectivity index (χ4n) is 3.49. The van der Waals surface area contributed by atoms with Gasteiger partial charge in [-0.15, -0.1) is 0 Å². The highest BCUT2D eigenvalue weighted by Gasteiger charge is 2.26. The molecule has 2 aromatic carbocycles. The molecule has 5 nitrogen and oxygen atoms in total. The number of sulfonamides is 1. The first-order valence-electron chi connectivity index (χ1n) is 10.5. The van der Waals surface area contributed by atoms with Gasteiger partial charge in [-0.25, -0.2) is 8.42 Å². The summed E-state index contributed by atoms with van der Waals surface area (Å²) >= 11 is 0. The number of nitrogens with zero attached hydrogens (tertiary/aromatic N) is 1. The molecular weight excluding hydrogens is 410 g/mol. The van der Waals surface area contributed by atoms with Gasteiger partial charge in [0.15, 0.2) is 0 Å². The van der Waals surface area contributed by atoms with Crippen molar-refractivity contribution in [2.24, 2.45) is 5.92 Å². The van der Waals surface area contributed by atoms with Crippen molar-refractivity contribution < 1.29 is 17.9 Å². The van der Waals surface area contributed by atoms with Crippen LogP contribution in [0.25, 0.3) is 0 Å². The largest absolute Gasteiger partial charge is 0.494 e. The van der Waals surface area contributed by atoms with Crippen molar-refractivity contribution in [1.29, 1.82) is 0 Å². The Labute approximate surface area is 186 Å². The summed E-state index contributed by atoms with van der Waals surface area (Å²) in [5.74, 6) is 1.66. The first-order valence-corrected chi connectivity index (χ1v) is 11.9. The van der Waals surface area contributed by atoms with Crippen LogP contribution in [0.3, 0.4) is 0 Å². The monoisotopic (exact) mass is 441 g/mol. The molecule has 166 valence electrons. The van der Waals surface area contributed by atoms with E-state index in [2.05, 4.69) is 0 Å². The van der Waals surface area contributed by atoms with Gasteiger partial charge in [-0.05, 0) is 74.2 Å². The molecular formula is C25H31NO4S. The summed E-state index contributed by atoms with van der Waals surface area (Å²) in [4.78, 5) is 0.247. The van der Waals surface area contributed by atoms with Gasteiger partial charge in [0, 0.05) is 12.1 Å². The van der Waals surface area contributed by atoms with Crippen LogP contribution in [0.1, 0.15) is 33.3 Å². The topological polar surface area (TPSA) is 55.8 Å². The zero-order valence-electron chi connectivity index (χ0n) is 18.9. The quantitative estimate of drug-likeness (QED) is 0.545. The van der Waals surface area contributed by atoms with E-state index in [1.54, 1.807) is 24.3 Å². The standard InChI is InChI=1S/C25H31NO4S/c1-18(2)16-26(25-9-7-6-8-20(25)4)31(27,28)23-12-10-22(11-13-23)30-17-24-19(3)14-15-29-21(24)5/h6-14,18H,15-17H2,1-5H3. The minimum absolute atomic E-state index is 0.183. The first kappa shape index (κ1) is 22.9. The SMILES string of the molecule is CC1=CCOC(C)=C1COc1ccc(S(=O)(=O)N(CC(C)C)c2ccccc2C)cc1. The Morgan fingerprint density at radius 1 is 1.03 bits per heavy atom. The molecule has 0 atom stereocenters. The van der Waals surface area contributed by atoms with Gasteiger partial charge in [0.05, 0.1) is 10.6 Å². The second kappa shape index (κ2) is 9.60. The highest BCUT2D eigenvalue weighted by atomic mass is 32.2.